The fourth-order valence-electron chi connectivity index (χ4n) is 1.37. The molecule has 2 unspecified atom stereocenters. The molecule has 1 aromatic rings. The maximum Gasteiger partial charge on any atom is 0.130 e. The first kappa shape index (κ1) is 11.1. The number of hydrogen-bond acceptors (Lipinski definition) is 1. The Morgan fingerprint density at radius 3 is 2.21 bits per heavy atom. The summed E-state index contributed by atoms with van der Waals surface area (Å²) in [5.41, 5.74) is 5.77. The number of hydrogen-bond donors (Lipinski definition) is 1. The molecule has 0 aromatic heterocycles. The molecule has 0 saturated heterocycles. The topological polar surface area (TPSA) is 26.0 Å². The summed E-state index contributed by atoms with van der Waals surface area (Å²) in [6.07, 6.45) is 0.801. The molecule has 2 atom stereocenters. The zero-order valence-corrected chi connectivity index (χ0v) is 8.43. The van der Waals surface area contributed by atoms with Crippen LogP contribution in [0.5, 0.6) is 0 Å². The van der Waals surface area contributed by atoms with Crippen LogP contribution in [0.1, 0.15) is 31.9 Å². The summed E-state index contributed by atoms with van der Waals surface area (Å²) in [7, 11) is 0. The standard InChI is InChI=1S/C11H15F2N/c1-3-7(2)11(14)10-8(12)5-4-6-9(10)13/h4-7,11H,3,14H2,1-2H3. The maximum atomic E-state index is 13.3. The van der Waals surface area contributed by atoms with Crippen LogP contribution < -0.4 is 5.73 Å². The van der Waals surface area contributed by atoms with Gasteiger partial charge in [0.15, 0.2) is 0 Å². The molecule has 0 saturated carbocycles. The van der Waals surface area contributed by atoms with Gasteiger partial charge in [-0.25, -0.2) is 8.78 Å². The van der Waals surface area contributed by atoms with Crippen molar-refractivity contribution >= 4 is 0 Å². The highest BCUT2D eigenvalue weighted by molar-refractivity contribution is 5.23. The molecule has 0 spiro atoms. The van der Waals surface area contributed by atoms with Gasteiger partial charge < -0.3 is 5.73 Å². The number of rotatable bonds is 3. The second-order valence-corrected chi connectivity index (χ2v) is 3.55. The molecule has 0 fully saturated rings. The van der Waals surface area contributed by atoms with Crippen LogP contribution in [0.25, 0.3) is 0 Å². The summed E-state index contributed by atoms with van der Waals surface area (Å²) in [5.74, 6) is -1.04. The quantitative estimate of drug-likeness (QED) is 0.795. The second-order valence-electron chi connectivity index (χ2n) is 3.55. The van der Waals surface area contributed by atoms with Crippen molar-refractivity contribution in [3.05, 3.63) is 35.4 Å². The second kappa shape index (κ2) is 4.51. The van der Waals surface area contributed by atoms with Crippen LogP contribution in [0, 0.1) is 17.6 Å². The van der Waals surface area contributed by atoms with Crippen molar-refractivity contribution < 1.29 is 8.78 Å². The lowest BCUT2D eigenvalue weighted by Crippen LogP contribution is -2.21. The SMILES string of the molecule is CCC(C)C(N)c1c(F)cccc1F. The molecule has 0 heterocycles. The maximum absolute atomic E-state index is 13.3. The molecular formula is C11H15F2N. The summed E-state index contributed by atoms with van der Waals surface area (Å²) in [4.78, 5) is 0. The Kier molecular flexibility index (Phi) is 3.58. The van der Waals surface area contributed by atoms with E-state index in [0.717, 1.165) is 6.42 Å². The lowest BCUT2D eigenvalue weighted by molar-refractivity contribution is 0.419. The van der Waals surface area contributed by atoms with E-state index in [-0.39, 0.29) is 11.5 Å². The van der Waals surface area contributed by atoms with Crippen molar-refractivity contribution in [3.63, 3.8) is 0 Å². The van der Waals surface area contributed by atoms with Gasteiger partial charge in [-0.2, -0.15) is 0 Å². The largest absolute Gasteiger partial charge is 0.324 e. The van der Waals surface area contributed by atoms with Gasteiger partial charge in [0.2, 0.25) is 0 Å². The van der Waals surface area contributed by atoms with Crippen LogP contribution in [-0.2, 0) is 0 Å². The van der Waals surface area contributed by atoms with E-state index in [1.165, 1.54) is 18.2 Å². The molecule has 1 aromatic carbocycles. The van der Waals surface area contributed by atoms with E-state index in [1.807, 2.05) is 13.8 Å². The van der Waals surface area contributed by atoms with E-state index in [1.54, 1.807) is 0 Å². The highest BCUT2D eigenvalue weighted by atomic mass is 19.1. The monoisotopic (exact) mass is 199 g/mol. The van der Waals surface area contributed by atoms with Crippen molar-refractivity contribution in [2.24, 2.45) is 11.7 Å². The lowest BCUT2D eigenvalue weighted by Gasteiger charge is -2.19. The van der Waals surface area contributed by atoms with E-state index >= 15 is 0 Å². The van der Waals surface area contributed by atoms with Gasteiger partial charge in [0.1, 0.15) is 11.6 Å². The summed E-state index contributed by atoms with van der Waals surface area (Å²) >= 11 is 0. The molecule has 14 heavy (non-hydrogen) atoms. The number of halogens is 2. The zero-order chi connectivity index (χ0) is 10.7. The van der Waals surface area contributed by atoms with Gasteiger partial charge >= 0.3 is 0 Å². The number of benzene rings is 1. The van der Waals surface area contributed by atoms with Crippen LogP contribution in [-0.4, -0.2) is 0 Å². The van der Waals surface area contributed by atoms with Crippen molar-refractivity contribution in [2.45, 2.75) is 26.3 Å². The predicted molar refractivity (Wildman–Crippen MR) is 52.7 cm³/mol. The molecule has 3 heteroatoms. The Hall–Kier alpha value is -0.960. The van der Waals surface area contributed by atoms with Crippen molar-refractivity contribution in [1.29, 1.82) is 0 Å². The highest BCUT2D eigenvalue weighted by Gasteiger charge is 2.20. The van der Waals surface area contributed by atoms with Gasteiger partial charge in [0.05, 0.1) is 0 Å². The predicted octanol–water partition coefficient (Wildman–Crippen LogP) is 3.01. The van der Waals surface area contributed by atoms with Crippen molar-refractivity contribution in [1.82, 2.24) is 0 Å². The van der Waals surface area contributed by atoms with Crippen LogP contribution in [0.15, 0.2) is 18.2 Å². The molecule has 2 N–H and O–H groups in total. The highest BCUT2D eigenvalue weighted by Crippen LogP contribution is 2.26. The van der Waals surface area contributed by atoms with Crippen molar-refractivity contribution in [3.8, 4) is 0 Å². The molecule has 0 aliphatic rings. The van der Waals surface area contributed by atoms with Gasteiger partial charge in [-0.1, -0.05) is 26.3 Å². The van der Waals surface area contributed by atoms with Crippen LogP contribution in [0.4, 0.5) is 8.78 Å². The average Bonchev–Trinajstić information content (AvgIpc) is 2.16. The molecule has 0 bridgehead atoms. The Labute approximate surface area is 82.9 Å². The molecule has 1 nitrogen and oxygen atoms in total. The van der Waals surface area contributed by atoms with Gasteiger partial charge in [-0.05, 0) is 18.1 Å². The zero-order valence-electron chi connectivity index (χ0n) is 8.43. The van der Waals surface area contributed by atoms with Crippen LogP contribution in [0.2, 0.25) is 0 Å². The van der Waals surface area contributed by atoms with Gasteiger partial charge in [0.25, 0.3) is 0 Å². The summed E-state index contributed by atoms with van der Waals surface area (Å²) < 4.78 is 26.6. The minimum atomic E-state index is -0.568. The smallest absolute Gasteiger partial charge is 0.130 e. The van der Waals surface area contributed by atoms with Crippen molar-refractivity contribution in [2.75, 3.05) is 0 Å². The third-order valence-corrected chi connectivity index (χ3v) is 2.59. The van der Waals surface area contributed by atoms with Gasteiger partial charge in [0, 0.05) is 11.6 Å². The van der Waals surface area contributed by atoms with Gasteiger partial charge in [-0.3, -0.25) is 0 Å². The molecule has 0 aliphatic heterocycles. The fraction of sp³-hybridized carbons (Fsp3) is 0.455. The molecular weight excluding hydrogens is 184 g/mol. The summed E-state index contributed by atoms with van der Waals surface area (Å²) in [6, 6.07) is 3.25. The van der Waals surface area contributed by atoms with E-state index in [0.29, 0.717) is 0 Å². The van der Waals surface area contributed by atoms with E-state index < -0.39 is 17.7 Å². The first-order valence-electron chi connectivity index (χ1n) is 4.77. The molecule has 78 valence electrons. The fourth-order valence-corrected chi connectivity index (χ4v) is 1.37. The van der Waals surface area contributed by atoms with Gasteiger partial charge in [-0.15, -0.1) is 0 Å². The average molecular weight is 199 g/mol. The Morgan fingerprint density at radius 2 is 1.79 bits per heavy atom. The van der Waals surface area contributed by atoms with E-state index in [2.05, 4.69) is 0 Å². The van der Waals surface area contributed by atoms with Crippen LogP contribution in [0.3, 0.4) is 0 Å². The normalized spacial score (nSPS) is 15.2. The Bertz CT molecular complexity index is 292. The van der Waals surface area contributed by atoms with E-state index in [4.69, 9.17) is 5.73 Å². The molecule has 0 aliphatic carbocycles. The third-order valence-electron chi connectivity index (χ3n) is 2.59. The first-order valence-corrected chi connectivity index (χ1v) is 4.77. The number of nitrogens with two attached hydrogens (primary N) is 1. The molecule has 0 amide bonds. The summed E-state index contributed by atoms with van der Waals surface area (Å²) in [5, 5.41) is 0. The minimum absolute atomic E-state index is 0.00171. The minimum Gasteiger partial charge on any atom is -0.324 e. The molecule has 1 rings (SSSR count). The first-order chi connectivity index (χ1) is 6.57. The third kappa shape index (κ3) is 2.10. The molecule has 0 radical (unpaired) electrons. The Balaban J connectivity index is 3.05. The van der Waals surface area contributed by atoms with Crippen LogP contribution >= 0.6 is 0 Å². The lowest BCUT2D eigenvalue weighted by atomic mass is 9.93. The van der Waals surface area contributed by atoms with E-state index in [9.17, 15) is 8.78 Å². The summed E-state index contributed by atoms with van der Waals surface area (Å²) in [6.45, 7) is 3.83. The Morgan fingerprint density at radius 1 is 1.29 bits per heavy atom.